The maximum atomic E-state index is 14.0. The number of carbonyl (C=O) groups is 1. The van der Waals surface area contributed by atoms with Crippen LogP contribution in [0.3, 0.4) is 0 Å². The summed E-state index contributed by atoms with van der Waals surface area (Å²) in [5.74, 6) is -2.71. The standard InChI is InChI=1S/C18H16F2N2O3/c19-13-6-7-16(20)14(8-13)15-9-18(23)21(11-17(15)22(24)25)10-12-4-2-1-3-5-12/h1-8,15,17H,9-11H2. The summed E-state index contributed by atoms with van der Waals surface area (Å²) in [5, 5.41) is 11.5. The van der Waals surface area contributed by atoms with Gasteiger partial charge in [-0.1, -0.05) is 30.3 Å². The SMILES string of the molecule is O=C1CC(c2cc(F)ccc2F)C([N+](=O)[O-])CN1Cc1ccccc1. The number of nitro groups is 1. The highest BCUT2D eigenvalue weighted by atomic mass is 19.1. The lowest BCUT2D eigenvalue weighted by molar-refractivity contribution is -0.528. The molecule has 25 heavy (non-hydrogen) atoms. The van der Waals surface area contributed by atoms with Crippen molar-refractivity contribution in [2.75, 3.05) is 6.54 Å². The molecule has 5 nitrogen and oxygen atoms in total. The van der Waals surface area contributed by atoms with Crippen molar-refractivity contribution in [1.82, 2.24) is 4.90 Å². The Bertz CT molecular complexity index is 798. The number of rotatable bonds is 4. The van der Waals surface area contributed by atoms with Crippen molar-refractivity contribution in [1.29, 1.82) is 0 Å². The van der Waals surface area contributed by atoms with Gasteiger partial charge in [-0.3, -0.25) is 14.9 Å². The summed E-state index contributed by atoms with van der Waals surface area (Å²) in [6, 6.07) is 10.8. The molecule has 2 aromatic rings. The van der Waals surface area contributed by atoms with Crippen molar-refractivity contribution in [3.05, 3.63) is 81.4 Å². The zero-order chi connectivity index (χ0) is 18.0. The van der Waals surface area contributed by atoms with E-state index in [4.69, 9.17) is 0 Å². The fourth-order valence-corrected chi connectivity index (χ4v) is 3.19. The second-order valence-corrected chi connectivity index (χ2v) is 6.09. The van der Waals surface area contributed by atoms with Gasteiger partial charge in [0.25, 0.3) is 0 Å². The molecule has 1 saturated heterocycles. The molecule has 0 aliphatic carbocycles. The Morgan fingerprint density at radius 1 is 1.16 bits per heavy atom. The van der Waals surface area contributed by atoms with E-state index in [0.29, 0.717) is 0 Å². The molecule has 7 heteroatoms. The zero-order valence-electron chi connectivity index (χ0n) is 13.3. The lowest BCUT2D eigenvalue weighted by Gasteiger charge is -2.34. The summed E-state index contributed by atoms with van der Waals surface area (Å²) >= 11 is 0. The highest BCUT2D eigenvalue weighted by Crippen LogP contribution is 2.33. The molecule has 0 bridgehead atoms. The lowest BCUT2D eigenvalue weighted by atomic mass is 9.84. The molecular weight excluding hydrogens is 330 g/mol. The number of carbonyl (C=O) groups excluding carboxylic acids is 1. The molecule has 1 amide bonds. The predicted molar refractivity (Wildman–Crippen MR) is 86.4 cm³/mol. The Hall–Kier alpha value is -2.83. The Morgan fingerprint density at radius 3 is 2.56 bits per heavy atom. The fourth-order valence-electron chi connectivity index (χ4n) is 3.19. The monoisotopic (exact) mass is 346 g/mol. The molecule has 2 unspecified atom stereocenters. The van der Waals surface area contributed by atoms with Crippen LogP contribution in [0.2, 0.25) is 0 Å². The van der Waals surface area contributed by atoms with Crippen molar-refractivity contribution in [3.63, 3.8) is 0 Å². The Labute approximate surface area is 143 Å². The van der Waals surface area contributed by atoms with Crippen LogP contribution in [0.25, 0.3) is 0 Å². The molecule has 1 heterocycles. The van der Waals surface area contributed by atoms with Gasteiger partial charge in [0.1, 0.15) is 11.6 Å². The van der Waals surface area contributed by atoms with E-state index in [1.54, 1.807) is 0 Å². The van der Waals surface area contributed by atoms with E-state index >= 15 is 0 Å². The maximum absolute atomic E-state index is 14.0. The summed E-state index contributed by atoms with van der Waals surface area (Å²) in [6.07, 6.45) is -0.223. The second-order valence-electron chi connectivity index (χ2n) is 6.09. The number of amides is 1. The van der Waals surface area contributed by atoms with E-state index in [1.807, 2.05) is 30.3 Å². The normalized spacial score (nSPS) is 20.6. The van der Waals surface area contributed by atoms with Crippen LogP contribution >= 0.6 is 0 Å². The molecule has 0 aromatic heterocycles. The minimum absolute atomic E-state index is 0.116. The molecule has 1 aliphatic heterocycles. The highest BCUT2D eigenvalue weighted by Gasteiger charge is 2.43. The van der Waals surface area contributed by atoms with E-state index in [0.717, 1.165) is 23.8 Å². The summed E-state index contributed by atoms with van der Waals surface area (Å²) in [5.41, 5.74) is 0.739. The Morgan fingerprint density at radius 2 is 1.88 bits per heavy atom. The predicted octanol–water partition coefficient (Wildman–Crippen LogP) is 3.13. The number of likely N-dealkylation sites (tertiary alicyclic amines) is 1. The van der Waals surface area contributed by atoms with Gasteiger partial charge >= 0.3 is 0 Å². The topological polar surface area (TPSA) is 63.4 Å². The molecule has 130 valence electrons. The van der Waals surface area contributed by atoms with Crippen molar-refractivity contribution < 1.29 is 18.5 Å². The molecule has 0 radical (unpaired) electrons. The largest absolute Gasteiger partial charge is 0.331 e. The molecule has 0 N–H and O–H groups in total. The summed E-state index contributed by atoms with van der Waals surface area (Å²) in [6.45, 7) is 0.115. The first-order valence-electron chi connectivity index (χ1n) is 7.86. The van der Waals surface area contributed by atoms with Gasteiger partial charge in [0.2, 0.25) is 11.9 Å². The first-order chi connectivity index (χ1) is 12.0. The third-order valence-corrected chi connectivity index (χ3v) is 4.46. The number of hydrogen-bond donors (Lipinski definition) is 0. The van der Waals surface area contributed by atoms with E-state index in [9.17, 15) is 23.7 Å². The number of halogens is 2. The number of piperidine rings is 1. The van der Waals surface area contributed by atoms with Crippen LogP contribution in [-0.4, -0.2) is 28.3 Å². The molecule has 2 aromatic carbocycles. The van der Waals surface area contributed by atoms with E-state index in [-0.39, 0.29) is 31.0 Å². The van der Waals surface area contributed by atoms with Crippen LogP contribution in [0.1, 0.15) is 23.5 Å². The summed E-state index contributed by atoms with van der Waals surface area (Å²) < 4.78 is 27.5. The van der Waals surface area contributed by atoms with Crippen LogP contribution in [0.4, 0.5) is 8.78 Å². The molecule has 1 aliphatic rings. The second kappa shape index (κ2) is 6.96. The van der Waals surface area contributed by atoms with Gasteiger partial charge in [0, 0.05) is 23.5 Å². The van der Waals surface area contributed by atoms with Gasteiger partial charge < -0.3 is 4.90 Å². The first kappa shape index (κ1) is 17.0. The van der Waals surface area contributed by atoms with Crippen molar-refractivity contribution in [2.45, 2.75) is 24.9 Å². The van der Waals surface area contributed by atoms with Gasteiger partial charge in [0.15, 0.2) is 0 Å². The maximum Gasteiger partial charge on any atom is 0.237 e. The smallest absolute Gasteiger partial charge is 0.237 e. The molecule has 1 fully saturated rings. The van der Waals surface area contributed by atoms with Crippen molar-refractivity contribution in [2.24, 2.45) is 0 Å². The third kappa shape index (κ3) is 3.65. The Balaban J connectivity index is 1.87. The van der Waals surface area contributed by atoms with Gasteiger partial charge in [0.05, 0.1) is 12.5 Å². The summed E-state index contributed by atoms with van der Waals surface area (Å²) in [7, 11) is 0. The lowest BCUT2D eigenvalue weighted by Crippen LogP contribution is -2.49. The highest BCUT2D eigenvalue weighted by molar-refractivity contribution is 5.78. The van der Waals surface area contributed by atoms with Crippen LogP contribution in [0.15, 0.2) is 48.5 Å². The Kier molecular flexibility index (Phi) is 4.74. The molecule has 0 saturated carbocycles. The van der Waals surface area contributed by atoms with E-state index in [1.165, 1.54) is 4.90 Å². The van der Waals surface area contributed by atoms with Gasteiger partial charge in [-0.25, -0.2) is 8.78 Å². The van der Waals surface area contributed by atoms with Crippen LogP contribution in [0.5, 0.6) is 0 Å². The van der Waals surface area contributed by atoms with Gasteiger partial charge in [-0.15, -0.1) is 0 Å². The number of hydrogen-bond acceptors (Lipinski definition) is 3. The first-order valence-corrected chi connectivity index (χ1v) is 7.86. The van der Waals surface area contributed by atoms with E-state index < -0.39 is 28.5 Å². The zero-order valence-corrected chi connectivity index (χ0v) is 13.3. The third-order valence-electron chi connectivity index (χ3n) is 4.46. The molecule has 0 spiro atoms. The number of nitrogens with zero attached hydrogens (tertiary/aromatic N) is 2. The van der Waals surface area contributed by atoms with Gasteiger partial charge in [-0.05, 0) is 23.8 Å². The average molecular weight is 346 g/mol. The van der Waals surface area contributed by atoms with Crippen LogP contribution in [0, 0.1) is 21.7 Å². The van der Waals surface area contributed by atoms with Gasteiger partial charge in [-0.2, -0.15) is 0 Å². The minimum Gasteiger partial charge on any atom is -0.331 e. The van der Waals surface area contributed by atoms with Crippen LogP contribution in [-0.2, 0) is 11.3 Å². The quantitative estimate of drug-likeness (QED) is 0.631. The molecular formula is C18H16F2N2O3. The molecule has 2 atom stereocenters. The van der Waals surface area contributed by atoms with E-state index in [2.05, 4.69) is 0 Å². The minimum atomic E-state index is -1.18. The van der Waals surface area contributed by atoms with Crippen LogP contribution < -0.4 is 0 Å². The fraction of sp³-hybridized carbons (Fsp3) is 0.278. The summed E-state index contributed by atoms with van der Waals surface area (Å²) in [4.78, 5) is 24.8. The molecule has 3 rings (SSSR count). The average Bonchev–Trinajstić information content (AvgIpc) is 2.59. The number of benzene rings is 2. The van der Waals surface area contributed by atoms with Crippen molar-refractivity contribution in [3.8, 4) is 0 Å². The van der Waals surface area contributed by atoms with Crippen molar-refractivity contribution >= 4 is 5.91 Å².